The summed E-state index contributed by atoms with van der Waals surface area (Å²) in [6.07, 6.45) is 6.83. The van der Waals surface area contributed by atoms with Gasteiger partial charge in [-0.1, -0.05) is 37.5 Å². The van der Waals surface area contributed by atoms with Gasteiger partial charge < -0.3 is 4.57 Å². The van der Waals surface area contributed by atoms with Crippen molar-refractivity contribution in [2.45, 2.75) is 43.0 Å². The van der Waals surface area contributed by atoms with Gasteiger partial charge in [0, 0.05) is 17.9 Å². The van der Waals surface area contributed by atoms with Crippen molar-refractivity contribution in [3.05, 3.63) is 54.1 Å². The molecule has 0 radical (unpaired) electrons. The van der Waals surface area contributed by atoms with Crippen LogP contribution in [0.1, 0.15) is 48.5 Å². The van der Waals surface area contributed by atoms with Crippen molar-refractivity contribution in [3.8, 4) is 0 Å². The van der Waals surface area contributed by atoms with Crippen LogP contribution in [-0.2, 0) is 9.84 Å². The van der Waals surface area contributed by atoms with Gasteiger partial charge in [0.05, 0.1) is 15.9 Å². The summed E-state index contributed by atoms with van der Waals surface area (Å²) in [7, 11) is -3.38. The van der Waals surface area contributed by atoms with Gasteiger partial charge in [0.15, 0.2) is 9.84 Å². The Morgan fingerprint density at radius 3 is 2.57 bits per heavy atom. The molecule has 1 aliphatic carbocycles. The maximum atomic E-state index is 12.8. The smallest absolute Gasteiger partial charge is 0.258 e. The monoisotopic (exact) mass is 397 g/mol. The zero-order valence-corrected chi connectivity index (χ0v) is 16.6. The maximum absolute atomic E-state index is 12.8. The van der Waals surface area contributed by atoms with Gasteiger partial charge in [0.2, 0.25) is 5.95 Å². The molecule has 0 atom stereocenters. The summed E-state index contributed by atoms with van der Waals surface area (Å²) in [6, 6.07) is 14.3. The van der Waals surface area contributed by atoms with E-state index in [2.05, 4.69) is 14.9 Å². The SMILES string of the molecule is CS(=O)(=O)c1cccc(C(=O)Nc2nc3ccccc3n2C2CCCCC2)c1. The topological polar surface area (TPSA) is 81.1 Å². The molecule has 1 N–H and O–H groups in total. The van der Waals surface area contributed by atoms with Crippen molar-refractivity contribution < 1.29 is 13.2 Å². The molecule has 0 bridgehead atoms. The number of hydrogen-bond acceptors (Lipinski definition) is 4. The maximum Gasteiger partial charge on any atom is 0.258 e. The highest BCUT2D eigenvalue weighted by molar-refractivity contribution is 7.90. The van der Waals surface area contributed by atoms with Crippen molar-refractivity contribution in [2.75, 3.05) is 11.6 Å². The van der Waals surface area contributed by atoms with Gasteiger partial charge in [-0.05, 0) is 43.2 Å². The van der Waals surface area contributed by atoms with Crippen molar-refractivity contribution in [2.24, 2.45) is 0 Å². The number of para-hydroxylation sites is 2. The highest BCUT2D eigenvalue weighted by Crippen LogP contribution is 2.34. The Morgan fingerprint density at radius 1 is 1.07 bits per heavy atom. The Kier molecular flexibility index (Phi) is 4.93. The van der Waals surface area contributed by atoms with E-state index in [9.17, 15) is 13.2 Å². The molecule has 2 aromatic carbocycles. The first-order valence-electron chi connectivity index (χ1n) is 9.52. The lowest BCUT2D eigenvalue weighted by atomic mass is 9.95. The molecule has 146 valence electrons. The first-order valence-corrected chi connectivity index (χ1v) is 11.4. The quantitative estimate of drug-likeness (QED) is 0.715. The lowest BCUT2D eigenvalue weighted by Gasteiger charge is -2.25. The van der Waals surface area contributed by atoms with Crippen LogP contribution in [0.15, 0.2) is 53.4 Å². The van der Waals surface area contributed by atoms with E-state index in [1.54, 1.807) is 12.1 Å². The number of fused-ring (bicyclic) bond motifs is 1. The minimum absolute atomic E-state index is 0.126. The number of amides is 1. The van der Waals surface area contributed by atoms with Crippen LogP contribution in [0.3, 0.4) is 0 Å². The van der Waals surface area contributed by atoms with E-state index in [4.69, 9.17) is 0 Å². The van der Waals surface area contributed by atoms with Crippen LogP contribution in [0.5, 0.6) is 0 Å². The van der Waals surface area contributed by atoms with Gasteiger partial charge in [-0.3, -0.25) is 10.1 Å². The summed E-state index contributed by atoms with van der Waals surface area (Å²) in [5, 5.41) is 2.91. The fraction of sp³-hybridized carbons (Fsp3) is 0.333. The molecule has 1 aliphatic rings. The molecule has 1 fully saturated rings. The largest absolute Gasteiger partial charge is 0.307 e. The Balaban J connectivity index is 1.71. The van der Waals surface area contributed by atoms with Crippen LogP contribution in [0.2, 0.25) is 0 Å². The Bertz CT molecular complexity index is 1130. The minimum atomic E-state index is -3.38. The molecule has 0 aliphatic heterocycles. The third kappa shape index (κ3) is 3.67. The second-order valence-electron chi connectivity index (χ2n) is 7.34. The molecule has 4 rings (SSSR count). The number of rotatable bonds is 4. The van der Waals surface area contributed by atoms with Crippen LogP contribution in [-0.4, -0.2) is 30.1 Å². The molecule has 1 aromatic heterocycles. The van der Waals surface area contributed by atoms with E-state index < -0.39 is 9.84 Å². The third-order valence-electron chi connectivity index (χ3n) is 5.29. The Hall–Kier alpha value is -2.67. The van der Waals surface area contributed by atoms with E-state index in [0.29, 0.717) is 17.6 Å². The lowest BCUT2D eigenvalue weighted by Crippen LogP contribution is -2.20. The molecule has 0 unspecified atom stereocenters. The molecule has 6 nitrogen and oxygen atoms in total. The van der Waals surface area contributed by atoms with Crippen LogP contribution in [0, 0.1) is 0 Å². The summed E-state index contributed by atoms with van der Waals surface area (Å²) in [5.41, 5.74) is 2.15. The normalized spacial score (nSPS) is 15.6. The van der Waals surface area contributed by atoms with Crippen molar-refractivity contribution in [3.63, 3.8) is 0 Å². The first kappa shape index (κ1) is 18.7. The van der Waals surface area contributed by atoms with Gasteiger partial charge in [-0.15, -0.1) is 0 Å². The molecule has 0 spiro atoms. The minimum Gasteiger partial charge on any atom is -0.307 e. The number of carbonyl (C=O) groups is 1. The second-order valence-corrected chi connectivity index (χ2v) is 9.36. The first-order chi connectivity index (χ1) is 13.4. The van der Waals surface area contributed by atoms with Gasteiger partial charge >= 0.3 is 0 Å². The predicted octanol–water partition coefficient (Wildman–Crippen LogP) is 4.20. The van der Waals surface area contributed by atoms with Crippen LogP contribution < -0.4 is 5.32 Å². The zero-order chi connectivity index (χ0) is 19.7. The number of nitrogens with zero attached hydrogens (tertiary/aromatic N) is 2. The highest BCUT2D eigenvalue weighted by Gasteiger charge is 2.23. The van der Waals surface area contributed by atoms with Gasteiger partial charge in [0.1, 0.15) is 0 Å². The molecule has 7 heteroatoms. The van der Waals surface area contributed by atoms with E-state index >= 15 is 0 Å². The molecule has 3 aromatic rings. The number of imidazole rings is 1. The average molecular weight is 398 g/mol. The number of anilines is 1. The Morgan fingerprint density at radius 2 is 1.82 bits per heavy atom. The van der Waals surface area contributed by atoms with E-state index in [1.165, 1.54) is 31.4 Å². The Labute approximate surface area is 164 Å². The van der Waals surface area contributed by atoms with E-state index in [1.807, 2.05) is 24.3 Å². The van der Waals surface area contributed by atoms with Crippen LogP contribution in [0.4, 0.5) is 5.95 Å². The van der Waals surface area contributed by atoms with Crippen molar-refractivity contribution in [1.82, 2.24) is 9.55 Å². The zero-order valence-electron chi connectivity index (χ0n) is 15.8. The molecule has 0 saturated heterocycles. The summed E-state index contributed by atoms with van der Waals surface area (Å²) < 4.78 is 25.7. The number of carbonyl (C=O) groups excluding carboxylic acids is 1. The molecular formula is C21H23N3O3S. The van der Waals surface area contributed by atoms with E-state index in [0.717, 1.165) is 30.1 Å². The third-order valence-corrected chi connectivity index (χ3v) is 6.40. The molecular weight excluding hydrogens is 374 g/mol. The number of hydrogen-bond donors (Lipinski definition) is 1. The van der Waals surface area contributed by atoms with E-state index in [-0.39, 0.29) is 10.8 Å². The fourth-order valence-corrected chi connectivity index (χ4v) is 4.55. The highest BCUT2D eigenvalue weighted by atomic mass is 32.2. The van der Waals surface area contributed by atoms with Crippen LogP contribution in [0.25, 0.3) is 11.0 Å². The van der Waals surface area contributed by atoms with Gasteiger partial charge in [-0.2, -0.15) is 0 Å². The van der Waals surface area contributed by atoms with Crippen molar-refractivity contribution in [1.29, 1.82) is 0 Å². The molecule has 1 amide bonds. The second kappa shape index (κ2) is 7.39. The molecule has 1 saturated carbocycles. The number of benzene rings is 2. The van der Waals surface area contributed by atoms with Crippen LogP contribution >= 0.6 is 0 Å². The summed E-state index contributed by atoms with van der Waals surface area (Å²) >= 11 is 0. The summed E-state index contributed by atoms with van der Waals surface area (Å²) in [4.78, 5) is 17.6. The van der Waals surface area contributed by atoms with Gasteiger partial charge in [0.25, 0.3) is 5.91 Å². The standard InChI is InChI=1S/C21H23N3O3S/c1-28(26,27)17-11-7-8-15(14-17)20(25)23-21-22-18-12-5-6-13-19(18)24(21)16-9-3-2-4-10-16/h5-8,11-14,16H,2-4,9-10H2,1H3,(H,22,23,25). The lowest BCUT2D eigenvalue weighted by molar-refractivity contribution is 0.102. The summed E-state index contributed by atoms with van der Waals surface area (Å²) in [5.74, 6) is 0.153. The number of sulfone groups is 1. The van der Waals surface area contributed by atoms with Gasteiger partial charge in [-0.25, -0.2) is 13.4 Å². The number of nitrogens with one attached hydrogen (secondary N) is 1. The number of aromatic nitrogens is 2. The fourth-order valence-electron chi connectivity index (χ4n) is 3.88. The molecule has 1 heterocycles. The predicted molar refractivity (Wildman–Crippen MR) is 109 cm³/mol. The summed E-state index contributed by atoms with van der Waals surface area (Å²) in [6.45, 7) is 0. The van der Waals surface area contributed by atoms with Crippen molar-refractivity contribution >= 4 is 32.7 Å². The molecule has 28 heavy (non-hydrogen) atoms. The average Bonchev–Trinajstić information content (AvgIpc) is 3.06.